The van der Waals surface area contributed by atoms with E-state index in [1.807, 2.05) is 81.6 Å². The first-order valence-corrected chi connectivity index (χ1v) is 31.9. The molecule has 0 fully saturated rings. The Hall–Kier alpha value is -11.4. The number of imidazole rings is 1. The number of pyridine rings is 4. The van der Waals surface area contributed by atoms with Crippen molar-refractivity contribution in [1.29, 1.82) is 0 Å². The Morgan fingerprint density at radius 3 is 1.53 bits per heavy atom. The topological polar surface area (TPSA) is 379 Å². The maximum absolute atomic E-state index is 15.5. The number of ether oxygens (including phenoxy) is 3. The first kappa shape index (κ1) is 69.9. The Morgan fingerprint density at radius 1 is 0.610 bits per heavy atom. The van der Waals surface area contributed by atoms with Crippen molar-refractivity contribution in [2.45, 2.75) is 78.0 Å². The monoisotopic (exact) mass is 1410 g/mol. The van der Waals surface area contributed by atoms with Crippen molar-refractivity contribution >= 4 is 97.3 Å². The summed E-state index contributed by atoms with van der Waals surface area (Å²) in [6.07, 6.45) is 17.7. The molecule has 4 aromatic carbocycles. The van der Waals surface area contributed by atoms with Crippen molar-refractivity contribution in [2.75, 3.05) is 90.6 Å². The lowest BCUT2D eigenvalue weighted by atomic mass is 10.0. The van der Waals surface area contributed by atoms with Crippen LogP contribution < -0.4 is 68.5 Å². The second kappa shape index (κ2) is 30.1. The average Bonchev–Trinajstić information content (AvgIpc) is 0.807. The molecule has 0 amide bonds. The summed E-state index contributed by atoms with van der Waals surface area (Å²) in [5.41, 5.74) is 21.3. The number of anilines is 7. The molecule has 8 aromatic heterocycles. The highest BCUT2D eigenvalue weighted by Crippen LogP contribution is 2.47. The van der Waals surface area contributed by atoms with Crippen LogP contribution in [0.15, 0.2) is 119 Å². The molecule has 12 aromatic rings. The van der Waals surface area contributed by atoms with Gasteiger partial charge in [0.1, 0.15) is 49.5 Å². The van der Waals surface area contributed by atoms with Gasteiger partial charge in [-0.1, -0.05) is 24.3 Å². The van der Waals surface area contributed by atoms with Crippen molar-refractivity contribution in [2.24, 2.45) is 0 Å². The molecule has 0 radical (unpaired) electrons. The van der Waals surface area contributed by atoms with Crippen molar-refractivity contribution < 1.29 is 27.4 Å². The van der Waals surface area contributed by atoms with Crippen molar-refractivity contribution in [3.05, 3.63) is 159 Å². The van der Waals surface area contributed by atoms with E-state index in [2.05, 4.69) is 101 Å². The van der Waals surface area contributed by atoms with Gasteiger partial charge in [-0.3, -0.25) is 29.6 Å². The van der Waals surface area contributed by atoms with E-state index in [1.165, 1.54) is 12.7 Å². The molecule has 100 heavy (non-hydrogen) atoms. The SMILES string of the molecule is CCN(CCCNc1c(F)c(N)c2c(=O)c(-c3ncn[nH]3)cn3c2c1OC[C@@H]3C)c1ccccc1.C[C@H]1COc2c(NCCCc3ccccn3)c(F)c(N)c3c(=O)c(-c4nn[nH]n4)cn1c23.C[C@H]1COc2c(NCCCn3ccnc3)c(F)c(N)c3c(=O)c(-c4ncn[nH]4)cn1c23.Cl.Cl. The number of nitrogens with zero attached hydrogens (tertiary/aromatic N) is 14. The number of H-pyrrole nitrogens is 3. The number of aromatic nitrogens is 16. The van der Waals surface area contributed by atoms with Crippen LogP contribution in [-0.2, 0) is 13.0 Å². The summed E-state index contributed by atoms with van der Waals surface area (Å²) in [6.45, 7) is 12.8. The van der Waals surface area contributed by atoms with Gasteiger partial charge in [0.05, 0.1) is 90.9 Å². The Labute approximate surface area is 579 Å². The predicted octanol–water partition coefficient (Wildman–Crippen LogP) is 9.09. The molecule has 0 saturated heterocycles. The number of para-hydroxylation sites is 1. The zero-order valence-electron chi connectivity index (χ0n) is 54.6. The van der Waals surface area contributed by atoms with Gasteiger partial charge in [-0.05, 0) is 82.9 Å². The van der Waals surface area contributed by atoms with Crippen molar-refractivity contribution in [3.8, 4) is 51.4 Å². The summed E-state index contributed by atoms with van der Waals surface area (Å²) < 4.78 is 71.6. The van der Waals surface area contributed by atoms with E-state index < -0.39 is 33.7 Å². The lowest BCUT2D eigenvalue weighted by Crippen LogP contribution is -2.27. The molecular formula is C66H72Cl2F3N23O6. The second-order valence-corrected chi connectivity index (χ2v) is 23.8. The molecule has 3 aliphatic rings. The normalized spacial score (nSPS) is 14.7. The van der Waals surface area contributed by atoms with Crippen LogP contribution in [0.2, 0.25) is 0 Å². The Morgan fingerprint density at radius 2 is 1.09 bits per heavy atom. The minimum absolute atomic E-state index is 0. The van der Waals surface area contributed by atoms with E-state index in [-0.39, 0.29) is 121 Å². The molecule has 29 nitrogen and oxygen atoms in total. The van der Waals surface area contributed by atoms with Gasteiger partial charge < -0.3 is 70.5 Å². The van der Waals surface area contributed by atoms with E-state index in [0.717, 1.165) is 56.7 Å². The molecule has 12 N–H and O–H groups in total. The minimum atomic E-state index is -0.714. The number of nitrogens with two attached hydrogens (primary N) is 3. The molecular weight excluding hydrogens is 1340 g/mol. The summed E-state index contributed by atoms with van der Waals surface area (Å²) in [5, 5.41) is 36.3. The molecule has 11 heterocycles. The molecule has 34 heteroatoms. The van der Waals surface area contributed by atoms with Crippen LogP contribution in [0.3, 0.4) is 0 Å². The van der Waals surface area contributed by atoms with Gasteiger partial charge in [-0.2, -0.15) is 15.4 Å². The highest BCUT2D eigenvalue weighted by molar-refractivity contribution is 6.04. The van der Waals surface area contributed by atoms with Crippen LogP contribution in [0.1, 0.15) is 70.8 Å². The van der Waals surface area contributed by atoms with Crippen LogP contribution in [0.5, 0.6) is 17.2 Å². The number of tetrazole rings is 1. The van der Waals surface area contributed by atoms with Crippen LogP contribution >= 0.6 is 24.8 Å². The number of aromatic amines is 3. The van der Waals surface area contributed by atoms with E-state index >= 15 is 13.2 Å². The fraction of sp³-hybridized carbons (Fsp3) is 0.303. The molecule has 0 unspecified atom stereocenters. The third-order valence-electron chi connectivity index (χ3n) is 17.5. The maximum Gasteiger partial charge on any atom is 0.210 e. The van der Waals surface area contributed by atoms with Crippen molar-refractivity contribution in [1.82, 2.24) is 79.2 Å². The van der Waals surface area contributed by atoms with E-state index in [9.17, 15) is 14.4 Å². The van der Waals surface area contributed by atoms with Crippen molar-refractivity contribution in [3.63, 3.8) is 0 Å². The zero-order valence-corrected chi connectivity index (χ0v) is 56.3. The fourth-order valence-corrected chi connectivity index (χ4v) is 12.5. The number of nitrogen functional groups attached to an aromatic ring is 3. The number of nitrogens with one attached hydrogen (secondary N) is 6. The van der Waals surface area contributed by atoms with E-state index in [1.54, 1.807) is 37.3 Å². The number of halogens is 5. The van der Waals surface area contributed by atoms with Crippen LogP contribution in [-0.4, -0.2) is 132 Å². The Balaban J connectivity index is 0.000000150. The molecule has 0 spiro atoms. The molecule has 0 saturated carbocycles. The molecule has 522 valence electrons. The summed E-state index contributed by atoms with van der Waals surface area (Å²) in [7, 11) is 0. The highest BCUT2D eigenvalue weighted by atomic mass is 35.5. The predicted molar refractivity (Wildman–Crippen MR) is 381 cm³/mol. The molecule has 0 bridgehead atoms. The third kappa shape index (κ3) is 13.3. The van der Waals surface area contributed by atoms with Gasteiger partial charge in [-0.15, -0.1) is 35.0 Å². The second-order valence-electron chi connectivity index (χ2n) is 23.8. The maximum atomic E-state index is 15.5. The van der Waals surface area contributed by atoms with Crippen LogP contribution in [0.4, 0.5) is 53.0 Å². The van der Waals surface area contributed by atoms with Gasteiger partial charge in [0, 0.05) is 87.8 Å². The summed E-state index contributed by atoms with van der Waals surface area (Å²) in [6, 6.07) is 15.6. The number of aryl methyl sites for hydroxylation is 2. The largest absolute Gasteiger partial charge is 0.487 e. The van der Waals surface area contributed by atoms with E-state index in [0.29, 0.717) is 79.2 Å². The average molecular weight is 1410 g/mol. The molecule has 0 aliphatic carbocycles. The van der Waals surface area contributed by atoms with Gasteiger partial charge in [0.25, 0.3) is 0 Å². The summed E-state index contributed by atoms with van der Waals surface area (Å²) in [5.74, 6) is -0.483. The van der Waals surface area contributed by atoms with Gasteiger partial charge in [0.2, 0.25) is 22.1 Å². The third-order valence-corrected chi connectivity index (χ3v) is 17.5. The summed E-state index contributed by atoms with van der Waals surface area (Å²) in [4.78, 5) is 58.5. The lowest BCUT2D eigenvalue weighted by molar-refractivity contribution is 0.247. The zero-order chi connectivity index (χ0) is 68.3. The first-order chi connectivity index (χ1) is 47.6. The highest BCUT2D eigenvalue weighted by Gasteiger charge is 2.34. The minimum Gasteiger partial charge on any atom is -0.487 e. The smallest absolute Gasteiger partial charge is 0.210 e. The summed E-state index contributed by atoms with van der Waals surface area (Å²) >= 11 is 0. The molecule has 3 aliphatic heterocycles. The number of hydrogen-bond donors (Lipinski definition) is 9. The Bertz CT molecular complexity index is 5050. The quantitative estimate of drug-likeness (QED) is 0.0253. The van der Waals surface area contributed by atoms with Crippen LogP contribution in [0.25, 0.3) is 66.9 Å². The van der Waals surface area contributed by atoms with E-state index in [4.69, 9.17) is 31.4 Å². The first-order valence-electron chi connectivity index (χ1n) is 31.9. The standard InChI is InChI=1S/C25H28FN7O2.C21H21FN8O2.C20H21FN8O2.2ClH/c1-3-32(16-8-5-4-6-9-16)11-7-10-28-21-19(26)20(27)18-22-24(21)35-13-15(2)33(22)12-17(23(18)34)25-29-14-30-31-25;1-11-10-32-20-17(25-8-4-6-12-5-2-3-7-24-12)15(22)16(23)14-18(20)30(11)9-13(19(14)31)21-26-28-29-27-21;1-11-8-31-19-16(24-3-2-5-28-6-4-23-10-28)14(21)15(22)13-17(19)29(11)7-12(18(13)30)20-25-9-26-27-20;;/h4-6,8-9,12,14-15,28H,3,7,10-11,13,27H2,1-2H3,(H,29,30,31);2-3,5,7,9,11,25H,4,6,8,10,23H2,1H3,(H,26,27,28,29);4,6-7,9-11,24H,2-3,5,8,22H2,1H3,(H,25,26,27);2*1H/t15-;2*11-;;/m000../s1. The van der Waals surface area contributed by atoms with Crippen LogP contribution in [0, 0.1) is 17.5 Å². The number of hydrogen-bond acceptors (Lipinski definition) is 22. The molecule has 3 atom stereocenters. The number of rotatable bonds is 20. The van der Waals surface area contributed by atoms with Gasteiger partial charge in [-0.25, -0.2) is 28.1 Å². The molecule has 15 rings (SSSR count). The Kier molecular flexibility index (Phi) is 21.1. The van der Waals surface area contributed by atoms with Gasteiger partial charge in [0.15, 0.2) is 46.3 Å². The lowest BCUT2D eigenvalue weighted by Gasteiger charge is -2.29. The number of benzene rings is 4. The fourth-order valence-electron chi connectivity index (χ4n) is 12.5. The van der Waals surface area contributed by atoms with Gasteiger partial charge >= 0.3 is 0 Å².